The Morgan fingerprint density at radius 3 is 2.74 bits per heavy atom. The van der Waals surface area contributed by atoms with E-state index >= 15 is 0 Å². The molecule has 0 saturated carbocycles. The lowest BCUT2D eigenvalue weighted by molar-refractivity contribution is 0.361. The van der Waals surface area contributed by atoms with Crippen molar-refractivity contribution in [1.82, 2.24) is 13.9 Å². The van der Waals surface area contributed by atoms with Crippen molar-refractivity contribution in [2.75, 3.05) is 39.0 Å². The first-order valence-corrected chi connectivity index (χ1v) is 9.35. The highest BCUT2D eigenvalue weighted by molar-refractivity contribution is 8.00. The van der Waals surface area contributed by atoms with Crippen LogP contribution < -0.4 is 5.32 Å². The van der Waals surface area contributed by atoms with Crippen LogP contribution in [-0.2, 0) is 10.2 Å². The van der Waals surface area contributed by atoms with Gasteiger partial charge in [0.05, 0.1) is 0 Å². The van der Waals surface area contributed by atoms with E-state index in [-0.39, 0.29) is 0 Å². The standard InChI is InChI=1S/C12H27N3O2S2/c1-11(2)13-6-5-7-14(4)19(16,17)15-8-9-18-12(3)10-15/h11-13H,5-10H2,1-4H3. The van der Waals surface area contributed by atoms with Crippen molar-refractivity contribution in [3.05, 3.63) is 0 Å². The fraction of sp³-hybridized carbons (Fsp3) is 1.00. The van der Waals surface area contributed by atoms with Gasteiger partial charge in [-0.15, -0.1) is 0 Å². The third-order valence-electron chi connectivity index (χ3n) is 3.13. The lowest BCUT2D eigenvalue weighted by Gasteiger charge is -2.32. The van der Waals surface area contributed by atoms with Crippen LogP contribution in [0.2, 0.25) is 0 Å². The largest absolute Gasteiger partial charge is 0.314 e. The summed E-state index contributed by atoms with van der Waals surface area (Å²) in [6.45, 7) is 8.94. The normalized spacial score (nSPS) is 22.3. The Morgan fingerprint density at radius 1 is 1.47 bits per heavy atom. The van der Waals surface area contributed by atoms with E-state index in [9.17, 15) is 8.42 Å². The van der Waals surface area contributed by atoms with Crippen molar-refractivity contribution in [2.24, 2.45) is 0 Å². The minimum atomic E-state index is -3.27. The molecule has 0 aromatic rings. The maximum absolute atomic E-state index is 12.4. The zero-order chi connectivity index (χ0) is 14.5. The monoisotopic (exact) mass is 309 g/mol. The summed E-state index contributed by atoms with van der Waals surface area (Å²) < 4.78 is 27.9. The Morgan fingerprint density at radius 2 is 2.16 bits per heavy atom. The summed E-state index contributed by atoms with van der Waals surface area (Å²) >= 11 is 1.84. The quantitative estimate of drug-likeness (QED) is 0.713. The highest BCUT2D eigenvalue weighted by atomic mass is 32.2. The van der Waals surface area contributed by atoms with Crippen LogP contribution in [0.25, 0.3) is 0 Å². The van der Waals surface area contributed by atoms with Crippen LogP contribution in [-0.4, -0.2) is 67.3 Å². The van der Waals surface area contributed by atoms with Crippen LogP contribution in [0.3, 0.4) is 0 Å². The van der Waals surface area contributed by atoms with E-state index in [0.717, 1.165) is 18.7 Å². The topological polar surface area (TPSA) is 52.7 Å². The van der Waals surface area contributed by atoms with Crippen molar-refractivity contribution in [3.8, 4) is 0 Å². The van der Waals surface area contributed by atoms with E-state index in [1.54, 1.807) is 11.4 Å². The van der Waals surface area contributed by atoms with Crippen LogP contribution in [0.15, 0.2) is 0 Å². The lowest BCUT2D eigenvalue weighted by atomic mass is 10.3. The van der Waals surface area contributed by atoms with Gasteiger partial charge in [-0.25, -0.2) is 0 Å². The number of rotatable bonds is 7. The number of thioether (sulfide) groups is 1. The van der Waals surface area contributed by atoms with Gasteiger partial charge in [0.2, 0.25) is 0 Å². The van der Waals surface area contributed by atoms with Crippen LogP contribution in [0.1, 0.15) is 27.2 Å². The lowest BCUT2D eigenvalue weighted by Crippen LogP contribution is -2.48. The second kappa shape index (κ2) is 7.83. The number of nitrogens with zero attached hydrogens (tertiary/aromatic N) is 2. The highest BCUT2D eigenvalue weighted by Crippen LogP contribution is 2.21. The third kappa shape index (κ3) is 5.59. The van der Waals surface area contributed by atoms with Gasteiger partial charge in [-0.3, -0.25) is 0 Å². The molecule has 19 heavy (non-hydrogen) atoms. The van der Waals surface area contributed by atoms with Crippen LogP contribution in [0.5, 0.6) is 0 Å². The SMILES string of the molecule is CC(C)NCCCN(C)S(=O)(=O)N1CCSC(C)C1. The molecule has 1 N–H and O–H groups in total. The Bertz CT molecular complexity index is 360. The molecule has 0 amide bonds. The molecule has 1 atom stereocenters. The van der Waals surface area contributed by atoms with E-state index in [0.29, 0.717) is 30.9 Å². The number of hydrogen-bond donors (Lipinski definition) is 1. The molecule has 0 spiro atoms. The summed E-state index contributed by atoms with van der Waals surface area (Å²) in [5.74, 6) is 0.892. The Labute approximate surface area is 122 Å². The molecule has 0 aromatic heterocycles. The smallest absolute Gasteiger partial charge is 0.281 e. The molecule has 1 heterocycles. The van der Waals surface area contributed by atoms with Gasteiger partial charge in [0, 0.05) is 43.7 Å². The van der Waals surface area contributed by atoms with E-state index in [2.05, 4.69) is 26.1 Å². The molecule has 0 radical (unpaired) electrons. The van der Waals surface area contributed by atoms with Crippen LogP contribution in [0, 0.1) is 0 Å². The van der Waals surface area contributed by atoms with Crippen molar-refractivity contribution in [3.63, 3.8) is 0 Å². The molecule has 1 fully saturated rings. The molecule has 114 valence electrons. The van der Waals surface area contributed by atoms with Gasteiger partial charge in [0.15, 0.2) is 0 Å². The highest BCUT2D eigenvalue weighted by Gasteiger charge is 2.30. The minimum Gasteiger partial charge on any atom is -0.314 e. The summed E-state index contributed by atoms with van der Waals surface area (Å²) in [4.78, 5) is 0. The maximum Gasteiger partial charge on any atom is 0.281 e. The Balaban J connectivity index is 2.42. The summed E-state index contributed by atoms with van der Waals surface area (Å²) in [7, 11) is -1.59. The summed E-state index contributed by atoms with van der Waals surface area (Å²) in [6.07, 6.45) is 0.839. The van der Waals surface area contributed by atoms with Gasteiger partial charge in [0.1, 0.15) is 0 Å². The zero-order valence-corrected chi connectivity index (χ0v) is 14.1. The zero-order valence-electron chi connectivity index (χ0n) is 12.4. The first kappa shape index (κ1) is 17.2. The van der Waals surface area contributed by atoms with Gasteiger partial charge in [-0.2, -0.15) is 28.8 Å². The predicted molar refractivity (Wildman–Crippen MR) is 82.8 cm³/mol. The van der Waals surface area contributed by atoms with Crippen LogP contribution >= 0.6 is 11.8 Å². The predicted octanol–water partition coefficient (Wildman–Crippen LogP) is 0.988. The minimum absolute atomic E-state index is 0.388. The van der Waals surface area contributed by atoms with E-state index in [1.807, 2.05) is 11.8 Å². The van der Waals surface area contributed by atoms with Crippen LogP contribution in [0.4, 0.5) is 0 Å². The van der Waals surface area contributed by atoms with E-state index in [1.165, 1.54) is 4.31 Å². The molecule has 7 heteroatoms. The molecule has 1 unspecified atom stereocenters. The maximum atomic E-state index is 12.4. The average Bonchev–Trinajstić information content (AvgIpc) is 2.34. The second-order valence-electron chi connectivity index (χ2n) is 5.33. The summed E-state index contributed by atoms with van der Waals surface area (Å²) in [5.41, 5.74) is 0. The van der Waals surface area contributed by atoms with Crippen molar-refractivity contribution in [1.29, 1.82) is 0 Å². The fourth-order valence-electron chi connectivity index (χ4n) is 2.00. The summed E-state index contributed by atoms with van der Waals surface area (Å²) in [5, 5.41) is 3.69. The van der Waals surface area contributed by atoms with Gasteiger partial charge < -0.3 is 5.32 Å². The molecular formula is C12H27N3O2S2. The molecule has 1 aliphatic rings. The second-order valence-corrected chi connectivity index (χ2v) is 8.91. The molecule has 1 saturated heterocycles. The number of hydrogen-bond acceptors (Lipinski definition) is 4. The van der Waals surface area contributed by atoms with Crippen molar-refractivity contribution in [2.45, 2.75) is 38.5 Å². The van der Waals surface area contributed by atoms with E-state index in [4.69, 9.17) is 0 Å². The molecule has 0 bridgehead atoms. The molecule has 5 nitrogen and oxygen atoms in total. The first-order chi connectivity index (χ1) is 8.84. The van der Waals surface area contributed by atoms with Gasteiger partial charge >= 0.3 is 0 Å². The van der Waals surface area contributed by atoms with Gasteiger partial charge in [-0.05, 0) is 13.0 Å². The third-order valence-corrected chi connectivity index (χ3v) is 6.22. The molecule has 1 aliphatic heterocycles. The molecule has 0 aromatic carbocycles. The first-order valence-electron chi connectivity index (χ1n) is 6.90. The summed E-state index contributed by atoms with van der Waals surface area (Å²) in [6, 6.07) is 0.446. The Kier molecular flexibility index (Phi) is 7.10. The van der Waals surface area contributed by atoms with E-state index < -0.39 is 10.2 Å². The molecule has 0 aliphatic carbocycles. The molecular weight excluding hydrogens is 282 g/mol. The van der Waals surface area contributed by atoms with Crippen molar-refractivity contribution >= 4 is 22.0 Å². The average molecular weight is 310 g/mol. The Hall–Kier alpha value is 0.180. The van der Waals surface area contributed by atoms with Gasteiger partial charge in [-0.1, -0.05) is 20.8 Å². The number of nitrogens with one attached hydrogen (secondary N) is 1. The van der Waals surface area contributed by atoms with Crippen molar-refractivity contribution < 1.29 is 8.42 Å². The fourth-order valence-corrected chi connectivity index (χ4v) is 4.71. The molecule has 1 rings (SSSR count). The van der Waals surface area contributed by atoms with Gasteiger partial charge in [0.25, 0.3) is 10.2 Å².